The van der Waals surface area contributed by atoms with E-state index in [9.17, 15) is 33.6 Å². The lowest BCUT2D eigenvalue weighted by Gasteiger charge is -2.30. The number of rotatable bonds is 19. The fraction of sp³-hybridized carbons (Fsp3) is 0.708. The maximum absolute atomic E-state index is 13.6. The van der Waals surface area contributed by atoms with Crippen LogP contribution in [0.2, 0.25) is 0 Å². The van der Waals surface area contributed by atoms with E-state index in [0.29, 0.717) is 12.8 Å². The van der Waals surface area contributed by atoms with Gasteiger partial charge in [-0.1, -0.05) is 35.4 Å². The summed E-state index contributed by atoms with van der Waals surface area (Å²) in [4.78, 5) is 86.9. The molecule has 1 aliphatic heterocycles. The van der Waals surface area contributed by atoms with Gasteiger partial charge in [0.1, 0.15) is 18.1 Å². The monoisotopic (exact) mass is 619 g/mol. The molecule has 0 radical (unpaired) electrons. The molecule has 0 aromatic heterocycles. The van der Waals surface area contributed by atoms with E-state index in [1.807, 2.05) is 13.8 Å². The number of carbonyl (C=O) groups excluding carboxylic acids is 6. The zero-order chi connectivity index (χ0) is 31.3. The molecule has 232 valence electrons. The van der Waals surface area contributed by atoms with Gasteiger partial charge in [0.15, 0.2) is 5.78 Å². The summed E-state index contributed by atoms with van der Waals surface area (Å²) < 4.78 is 0. The van der Waals surface area contributed by atoms with Crippen LogP contribution in [0.25, 0.3) is 0 Å². The number of Topliss-reactive ketones (excluding diaryl/α,β-unsaturated/α-hetero) is 1. The van der Waals surface area contributed by atoms with Crippen molar-refractivity contribution >= 4 is 62.9 Å². The van der Waals surface area contributed by atoms with Crippen molar-refractivity contribution in [3.8, 4) is 0 Å². The quantitative estimate of drug-likeness (QED) is 0.0593. The van der Waals surface area contributed by atoms with Gasteiger partial charge >= 0.3 is 5.97 Å². The zero-order valence-corrected chi connectivity index (χ0v) is 24.8. The average molecular weight is 620 g/mol. The van der Waals surface area contributed by atoms with Crippen LogP contribution in [0.15, 0.2) is 0 Å². The molecular weight excluding hydrogens is 578 g/mol. The number of nitrogens with one attached hydrogen (secondary N) is 2. The number of hydrogen-bond donors (Lipinski definition) is 7. The van der Waals surface area contributed by atoms with Crippen LogP contribution < -0.4 is 33.6 Å². The summed E-state index contributed by atoms with van der Waals surface area (Å²) >= 11 is 0. The molecule has 0 saturated carbocycles. The predicted octanol–water partition coefficient (Wildman–Crippen LogP) is -2.32. The van der Waals surface area contributed by atoms with Gasteiger partial charge in [0.05, 0.1) is 18.5 Å². The number of aliphatic carboxylic acids is 1. The first-order valence-electron chi connectivity index (χ1n) is 13.1. The maximum atomic E-state index is 13.6. The number of ketones is 1. The summed E-state index contributed by atoms with van der Waals surface area (Å²) in [5, 5.41) is 14.0. The standard InChI is InChI=1S/C24H41N7O8S2/c1-12(2)6-16(21(35)29-9-20(28)34)30-22(36)17-4-3-5-31(17)23(37)13(7-18(32)14(25)8-19(27)33)10-40-41-11-15(26)24(38)39/h12-17H,3-11,25-26H2,1-2H3,(H2,27,33)(H2,28,34)(H,29,35)(H,30,36)(H,38,39)/t13-,14-,15-,16-,17-/m0/s1. The fourth-order valence-electron chi connectivity index (χ4n) is 4.07. The minimum Gasteiger partial charge on any atom is -0.480 e. The van der Waals surface area contributed by atoms with Gasteiger partial charge in [0.25, 0.3) is 0 Å². The van der Waals surface area contributed by atoms with Crippen LogP contribution in [0, 0.1) is 11.8 Å². The zero-order valence-electron chi connectivity index (χ0n) is 23.2. The predicted molar refractivity (Wildman–Crippen MR) is 154 cm³/mol. The summed E-state index contributed by atoms with van der Waals surface area (Å²) in [6.07, 6.45) is 0.398. The van der Waals surface area contributed by atoms with Gasteiger partial charge in [-0.15, -0.1) is 0 Å². The van der Waals surface area contributed by atoms with Crippen molar-refractivity contribution in [3.63, 3.8) is 0 Å². The molecule has 11 N–H and O–H groups in total. The Balaban J connectivity index is 3.04. The van der Waals surface area contributed by atoms with E-state index in [0.717, 1.165) is 21.6 Å². The minimum absolute atomic E-state index is 0.0183. The van der Waals surface area contributed by atoms with Gasteiger partial charge < -0.3 is 43.6 Å². The van der Waals surface area contributed by atoms with E-state index in [1.165, 1.54) is 4.90 Å². The third kappa shape index (κ3) is 13.1. The number of nitrogens with two attached hydrogens (primary N) is 4. The van der Waals surface area contributed by atoms with Gasteiger partial charge in [-0.25, -0.2) is 0 Å². The maximum Gasteiger partial charge on any atom is 0.321 e. The smallest absolute Gasteiger partial charge is 0.321 e. The second-order valence-corrected chi connectivity index (χ2v) is 12.8. The van der Waals surface area contributed by atoms with E-state index < -0.39 is 77.9 Å². The lowest BCUT2D eigenvalue weighted by Crippen LogP contribution is -2.55. The van der Waals surface area contributed by atoms with Gasteiger partial charge in [-0.2, -0.15) is 0 Å². The van der Waals surface area contributed by atoms with Crippen molar-refractivity contribution in [2.75, 3.05) is 24.6 Å². The normalized spacial score (nSPS) is 17.8. The molecule has 0 aromatic carbocycles. The Labute approximate surface area is 246 Å². The largest absolute Gasteiger partial charge is 0.480 e. The number of nitrogens with zero attached hydrogens (tertiary/aromatic N) is 1. The first kappa shape index (κ1) is 36.1. The Bertz CT molecular complexity index is 984. The first-order valence-corrected chi connectivity index (χ1v) is 15.6. The molecular formula is C24H41N7O8S2. The number of carboxylic acids is 1. The Morgan fingerprint density at radius 2 is 1.59 bits per heavy atom. The average Bonchev–Trinajstić information content (AvgIpc) is 3.37. The van der Waals surface area contributed by atoms with Crippen molar-refractivity contribution in [2.24, 2.45) is 34.8 Å². The van der Waals surface area contributed by atoms with E-state index >= 15 is 0 Å². The van der Waals surface area contributed by atoms with Crippen LogP contribution in [0.4, 0.5) is 0 Å². The third-order valence-electron chi connectivity index (χ3n) is 6.16. The number of primary amides is 2. The fourth-order valence-corrected chi connectivity index (χ4v) is 6.49. The second kappa shape index (κ2) is 17.8. The highest BCUT2D eigenvalue weighted by atomic mass is 33.1. The topological polar surface area (TPSA) is 271 Å². The number of hydrogen-bond acceptors (Lipinski definition) is 11. The molecule has 0 unspecified atom stereocenters. The highest BCUT2D eigenvalue weighted by Gasteiger charge is 2.39. The molecule has 5 atom stereocenters. The van der Waals surface area contributed by atoms with Gasteiger partial charge in [-0.05, 0) is 25.2 Å². The van der Waals surface area contributed by atoms with Crippen LogP contribution in [-0.4, -0.2) is 100 Å². The van der Waals surface area contributed by atoms with Crippen molar-refractivity contribution < 1.29 is 38.7 Å². The third-order valence-corrected chi connectivity index (χ3v) is 8.68. The van der Waals surface area contributed by atoms with Gasteiger partial charge in [-0.3, -0.25) is 33.6 Å². The molecule has 0 spiro atoms. The van der Waals surface area contributed by atoms with Crippen LogP contribution in [0.1, 0.15) is 46.0 Å². The number of carbonyl (C=O) groups is 7. The first-order chi connectivity index (χ1) is 19.1. The molecule has 0 bridgehead atoms. The number of amides is 5. The van der Waals surface area contributed by atoms with Crippen LogP contribution in [0.5, 0.6) is 0 Å². The van der Waals surface area contributed by atoms with Crippen molar-refractivity contribution in [3.05, 3.63) is 0 Å². The van der Waals surface area contributed by atoms with E-state index in [4.69, 9.17) is 28.0 Å². The molecule has 1 rings (SSSR count). The van der Waals surface area contributed by atoms with Crippen molar-refractivity contribution in [1.29, 1.82) is 0 Å². The van der Waals surface area contributed by atoms with Crippen molar-refractivity contribution in [2.45, 2.75) is 70.1 Å². The van der Waals surface area contributed by atoms with Crippen molar-refractivity contribution in [1.82, 2.24) is 15.5 Å². The van der Waals surface area contributed by atoms with Gasteiger partial charge in [0.2, 0.25) is 29.5 Å². The lowest BCUT2D eigenvalue weighted by atomic mass is 9.97. The van der Waals surface area contributed by atoms with Crippen LogP contribution >= 0.6 is 21.6 Å². The van der Waals surface area contributed by atoms with Gasteiger partial charge in [0, 0.05) is 30.9 Å². The SMILES string of the molecule is CC(C)C[C@H](NC(=O)[C@@H]1CCCN1C(=O)[C@H](CSSC[C@H](N)C(=O)O)CC(=O)[C@@H](N)CC(N)=O)C(=O)NCC(N)=O. The Morgan fingerprint density at radius 1 is 0.951 bits per heavy atom. The van der Waals surface area contributed by atoms with Crippen LogP contribution in [-0.2, 0) is 33.6 Å². The van der Waals surface area contributed by atoms with E-state index in [2.05, 4.69) is 10.6 Å². The Kier molecular flexibility index (Phi) is 15.7. The van der Waals surface area contributed by atoms with E-state index in [1.54, 1.807) is 0 Å². The lowest BCUT2D eigenvalue weighted by molar-refractivity contribution is -0.143. The molecule has 1 fully saturated rings. The summed E-state index contributed by atoms with van der Waals surface area (Å²) in [7, 11) is 2.27. The number of likely N-dealkylation sites (tertiary alicyclic amines) is 1. The summed E-state index contributed by atoms with van der Waals surface area (Å²) in [5.41, 5.74) is 21.5. The van der Waals surface area contributed by atoms with E-state index in [-0.39, 0.29) is 43.2 Å². The number of carboxylic acid groups (broad SMARTS) is 1. The second-order valence-electron chi connectivity index (χ2n) is 10.2. The molecule has 17 heteroatoms. The summed E-state index contributed by atoms with van der Waals surface area (Å²) in [5.74, 6) is -5.64. The summed E-state index contributed by atoms with van der Waals surface area (Å²) in [6, 6.07) is -4.18. The molecule has 0 aromatic rings. The highest BCUT2D eigenvalue weighted by Crippen LogP contribution is 2.29. The highest BCUT2D eigenvalue weighted by molar-refractivity contribution is 8.76. The summed E-state index contributed by atoms with van der Waals surface area (Å²) in [6.45, 7) is 3.56. The minimum atomic E-state index is -1.20. The molecule has 1 heterocycles. The molecule has 15 nitrogen and oxygen atoms in total. The molecule has 0 aliphatic carbocycles. The van der Waals surface area contributed by atoms with Crippen LogP contribution in [0.3, 0.4) is 0 Å². The Morgan fingerprint density at radius 3 is 2.15 bits per heavy atom. The Hall–Kier alpha value is -2.89. The molecule has 1 saturated heterocycles. The molecule has 5 amide bonds. The molecule has 1 aliphatic rings. The molecule has 41 heavy (non-hydrogen) atoms.